The van der Waals surface area contributed by atoms with Crippen LogP contribution in [0.4, 0.5) is 0 Å². The average molecular weight is 282 g/mol. The number of hydrogen-bond donors (Lipinski definition) is 1. The third-order valence-electron chi connectivity index (χ3n) is 2.94. The van der Waals surface area contributed by atoms with Gasteiger partial charge < -0.3 is 5.32 Å². The summed E-state index contributed by atoms with van der Waals surface area (Å²) in [5.41, 5.74) is 3.88. The predicted molar refractivity (Wildman–Crippen MR) is 74.7 cm³/mol. The van der Waals surface area contributed by atoms with Crippen molar-refractivity contribution in [3.8, 4) is 0 Å². The molecule has 0 aliphatic rings. The normalized spacial score (nSPS) is 12.5. The van der Waals surface area contributed by atoms with E-state index in [-0.39, 0.29) is 0 Å². The van der Waals surface area contributed by atoms with Gasteiger partial charge in [-0.15, -0.1) is 0 Å². The van der Waals surface area contributed by atoms with Crippen LogP contribution in [0.15, 0.2) is 34.8 Å². The third kappa shape index (κ3) is 3.19. The molecule has 0 amide bonds. The first-order valence-corrected chi connectivity index (χ1v) is 6.48. The number of rotatable bonds is 5. The topological polar surface area (TPSA) is 12.0 Å². The molecule has 1 unspecified atom stereocenters. The quantitative estimate of drug-likeness (QED) is 0.790. The summed E-state index contributed by atoms with van der Waals surface area (Å²) in [5, 5.41) is 3.36. The molecule has 1 rings (SSSR count). The molecule has 0 aromatic heterocycles. The average Bonchev–Trinajstić information content (AvgIpc) is 2.29. The van der Waals surface area contributed by atoms with Crippen molar-refractivity contribution in [2.75, 3.05) is 7.05 Å². The van der Waals surface area contributed by atoms with Gasteiger partial charge in [0.25, 0.3) is 0 Å². The lowest BCUT2D eigenvalue weighted by atomic mass is 9.97. The van der Waals surface area contributed by atoms with Gasteiger partial charge in [0.15, 0.2) is 0 Å². The van der Waals surface area contributed by atoms with Gasteiger partial charge in [-0.1, -0.05) is 53.2 Å². The van der Waals surface area contributed by atoms with Crippen LogP contribution in [0, 0.1) is 6.92 Å². The molecule has 0 heterocycles. The molecule has 2 heteroatoms. The summed E-state index contributed by atoms with van der Waals surface area (Å²) in [4.78, 5) is 0. The maximum Gasteiger partial charge on any atom is 0.0366 e. The summed E-state index contributed by atoms with van der Waals surface area (Å²) in [6.45, 7) is 8.36. The molecular weight excluding hydrogens is 262 g/mol. The second-order valence-electron chi connectivity index (χ2n) is 4.13. The predicted octanol–water partition coefficient (Wildman–Crippen LogP) is 4.37. The molecular formula is C14H20BrN. The van der Waals surface area contributed by atoms with Crippen LogP contribution in [0.3, 0.4) is 0 Å². The molecule has 1 nitrogen and oxygen atoms in total. The van der Waals surface area contributed by atoms with E-state index >= 15 is 0 Å². The molecule has 16 heavy (non-hydrogen) atoms. The molecule has 1 atom stereocenters. The Morgan fingerprint density at radius 2 is 2.19 bits per heavy atom. The van der Waals surface area contributed by atoms with E-state index < -0.39 is 0 Å². The van der Waals surface area contributed by atoms with Gasteiger partial charge in [-0.25, -0.2) is 0 Å². The zero-order chi connectivity index (χ0) is 12.1. The Balaban J connectivity index is 2.95. The number of hydrogen-bond acceptors (Lipinski definition) is 1. The SMILES string of the molecule is C=C(CC)CC(NC)c1cccc(C)c1Br. The van der Waals surface area contributed by atoms with Gasteiger partial charge in [-0.05, 0) is 37.9 Å². The van der Waals surface area contributed by atoms with Crippen LogP contribution in [0.2, 0.25) is 0 Å². The minimum absolute atomic E-state index is 0.349. The fourth-order valence-electron chi connectivity index (χ4n) is 1.74. The number of nitrogens with one attached hydrogen (secondary N) is 1. The van der Waals surface area contributed by atoms with Crippen molar-refractivity contribution in [1.29, 1.82) is 0 Å². The van der Waals surface area contributed by atoms with Crippen molar-refractivity contribution in [2.45, 2.75) is 32.7 Å². The highest BCUT2D eigenvalue weighted by molar-refractivity contribution is 9.10. The highest BCUT2D eigenvalue weighted by atomic mass is 79.9. The Labute approximate surface area is 107 Å². The first-order chi connectivity index (χ1) is 7.60. The van der Waals surface area contributed by atoms with Crippen LogP contribution in [0.25, 0.3) is 0 Å². The van der Waals surface area contributed by atoms with E-state index in [1.165, 1.54) is 21.2 Å². The summed E-state index contributed by atoms with van der Waals surface area (Å²) >= 11 is 3.66. The maximum absolute atomic E-state index is 4.08. The van der Waals surface area contributed by atoms with E-state index in [2.05, 4.69) is 59.9 Å². The molecule has 1 aromatic carbocycles. The fourth-order valence-corrected chi connectivity index (χ4v) is 2.28. The van der Waals surface area contributed by atoms with Crippen LogP contribution in [0.5, 0.6) is 0 Å². The Hall–Kier alpha value is -0.600. The lowest BCUT2D eigenvalue weighted by molar-refractivity contribution is 0.580. The lowest BCUT2D eigenvalue weighted by Crippen LogP contribution is -2.17. The zero-order valence-corrected chi connectivity index (χ0v) is 11.9. The fraction of sp³-hybridized carbons (Fsp3) is 0.429. The molecule has 88 valence electrons. The van der Waals surface area contributed by atoms with Gasteiger partial charge in [0.2, 0.25) is 0 Å². The van der Waals surface area contributed by atoms with Crippen molar-refractivity contribution < 1.29 is 0 Å². The largest absolute Gasteiger partial charge is 0.313 e. The molecule has 0 radical (unpaired) electrons. The first-order valence-electron chi connectivity index (χ1n) is 5.69. The van der Waals surface area contributed by atoms with Crippen molar-refractivity contribution in [3.63, 3.8) is 0 Å². The molecule has 0 spiro atoms. The van der Waals surface area contributed by atoms with Gasteiger partial charge >= 0.3 is 0 Å². The van der Waals surface area contributed by atoms with Gasteiger partial charge in [0.1, 0.15) is 0 Å². The van der Waals surface area contributed by atoms with Gasteiger partial charge in [0, 0.05) is 10.5 Å². The van der Waals surface area contributed by atoms with E-state index in [4.69, 9.17) is 0 Å². The van der Waals surface area contributed by atoms with Crippen molar-refractivity contribution in [1.82, 2.24) is 5.32 Å². The minimum Gasteiger partial charge on any atom is -0.313 e. The van der Waals surface area contributed by atoms with E-state index in [0.717, 1.165) is 12.8 Å². The molecule has 0 aliphatic heterocycles. The molecule has 0 bridgehead atoms. The van der Waals surface area contributed by atoms with Crippen LogP contribution >= 0.6 is 15.9 Å². The van der Waals surface area contributed by atoms with Gasteiger partial charge in [-0.2, -0.15) is 0 Å². The Kier molecular flexibility index (Phi) is 5.23. The summed E-state index contributed by atoms with van der Waals surface area (Å²) in [5.74, 6) is 0. The van der Waals surface area contributed by atoms with Gasteiger partial charge in [0.05, 0.1) is 0 Å². The minimum atomic E-state index is 0.349. The van der Waals surface area contributed by atoms with Crippen LogP contribution in [0.1, 0.15) is 36.9 Å². The first kappa shape index (κ1) is 13.5. The summed E-state index contributed by atoms with van der Waals surface area (Å²) in [6.07, 6.45) is 2.04. The lowest BCUT2D eigenvalue weighted by Gasteiger charge is -2.20. The van der Waals surface area contributed by atoms with Crippen molar-refractivity contribution >= 4 is 15.9 Å². The van der Waals surface area contributed by atoms with E-state index in [1.807, 2.05) is 7.05 Å². The Morgan fingerprint density at radius 3 is 2.75 bits per heavy atom. The number of halogens is 1. The second-order valence-corrected chi connectivity index (χ2v) is 4.92. The second kappa shape index (κ2) is 6.21. The number of aryl methyl sites for hydroxylation is 1. The molecule has 1 aromatic rings. The van der Waals surface area contributed by atoms with Crippen LogP contribution in [-0.4, -0.2) is 7.05 Å². The maximum atomic E-state index is 4.08. The monoisotopic (exact) mass is 281 g/mol. The summed E-state index contributed by atoms with van der Waals surface area (Å²) in [6, 6.07) is 6.74. The van der Waals surface area contributed by atoms with Gasteiger partial charge in [-0.3, -0.25) is 0 Å². The Morgan fingerprint density at radius 1 is 1.50 bits per heavy atom. The summed E-state index contributed by atoms with van der Waals surface area (Å²) in [7, 11) is 2.00. The summed E-state index contributed by atoms with van der Waals surface area (Å²) < 4.78 is 1.21. The smallest absolute Gasteiger partial charge is 0.0366 e. The standard InChI is InChI=1S/C14H20BrN/c1-5-10(2)9-13(16-4)12-8-6-7-11(3)14(12)15/h6-8,13,16H,2,5,9H2,1,3-4H3. The van der Waals surface area contributed by atoms with Crippen molar-refractivity contribution in [2.24, 2.45) is 0 Å². The van der Waals surface area contributed by atoms with Crippen molar-refractivity contribution in [3.05, 3.63) is 46.0 Å². The van der Waals surface area contributed by atoms with E-state index in [9.17, 15) is 0 Å². The molecule has 0 fully saturated rings. The molecule has 0 saturated carbocycles. The highest BCUT2D eigenvalue weighted by Crippen LogP contribution is 2.30. The molecule has 0 aliphatic carbocycles. The number of benzene rings is 1. The molecule has 1 N–H and O–H groups in total. The zero-order valence-electron chi connectivity index (χ0n) is 10.3. The molecule has 0 saturated heterocycles. The van der Waals surface area contributed by atoms with Crippen LogP contribution < -0.4 is 5.32 Å². The van der Waals surface area contributed by atoms with Crippen LogP contribution in [-0.2, 0) is 0 Å². The van der Waals surface area contributed by atoms with E-state index in [1.54, 1.807) is 0 Å². The van der Waals surface area contributed by atoms with E-state index in [0.29, 0.717) is 6.04 Å². The highest BCUT2D eigenvalue weighted by Gasteiger charge is 2.13. The third-order valence-corrected chi connectivity index (χ3v) is 4.02. The Bertz CT molecular complexity index is 371.